The molecule has 0 aliphatic heterocycles. The number of thiocarbonyl (C=S) groups is 1. The Morgan fingerprint density at radius 1 is 1.29 bits per heavy atom. The first-order valence-corrected chi connectivity index (χ1v) is 4.73. The van der Waals surface area contributed by atoms with Gasteiger partial charge in [0.15, 0.2) is 0 Å². The van der Waals surface area contributed by atoms with Gasteiger partial charge in [0.05, 0.1) is 16.4 Å². The van der Waals surface area contributed by atoms with Crippen molar-refractivity contribution in [3.05, 3.63) is 35.5 Å². The van der Waals surface area contributed by atoms with Gasteiger partial charge in [0.2, 0.25) is 0 Å². The van der Waals surface area contributed by atoms with E-state index in [4.69, 9.17) is 11.6 Å². The highest BCUT2D eigenvalue weighted by Crippen LogP contribution is 2.25. The molecule has 0 amide bonds. The first kappa shape index (κ1) is 9.28. The van der Waals surface area contributed by atoms with Gasteiger partial charge in [-0.05, 0) is 36.5 Å². The quantitative estimate of drug-likeness (QED) is 0.417. The zero-order chi connectivity index (χ0) is 9.97. The lowest BCUT2D eigenvalue weighted by molar-refractivity contribution is 1.40. The Bertz CT molecular complexity index is 533. The monoisotopic (exact) mass is 220 g/mol. The maximum atomic E-state index is 5.77. The Morgan fingerprint density at radius 3 is 2.93 bits per heavy atom. The van der Waals surface area contributed by atoms with Crippen molar-refractivity contribution in [2.45, 2.75) is 0 Å². The van der Waals surface area contributed by atoms with E-state index in [1.54, 1.807) is 6.07 Å². The molecular formula is C10H5ClN2S. The molecule has 14 heavy (non-hydrogen) atoms. The average molecular weight is 221 g/mol. The number of aromatic nitrogens is 1. The summed E-state index contributed by atoms with van der Waals surface area (Å²) in [6, 6.07) is 9.19. The fraction of sp³-hybridized carbons (Fsp3) is 0. The van der Waals surface area contributed by atoms with Crippen LogP contribution >= 0.6 is 23.8 Å². The molecule has 2 aromatic rings. The van der Waals surface area contributed by atoms with E-state index in [2.05, 4.69) is 27.4 Å². The van der Waals surface area contributed by atoms with Gasteiger partial charge < -0.3 is 0 Å². The number of isothiocyanates is 1. The maximum absolute atomic E-state index is 5.77. The van der Waals surface area contributed by atoms with E-state index in [0.29, 0.717) is 5.15 Å². The van der Waals surface area contributed by atoms with Gasteiger partial charge in [0.25, 0.3) is 0 Å². The van der Waals surface area contributed by atoms with E-state index < -0.39 is 0 Å². The van der Waals surface area contributed by atoms with Crippen LogP contribution in [0.3, 0.4) is 0 Å². The summed E-state index contributed by atoms with van der Waals surface area (Å²) < 4.78 is 0. The first-order valence-electron chi connectivity index (χ1n) is 3.94. The molecule has 2 rings (SSSR count). The van der Waals surface area contributed by atoms with Crippen LogP contribution in [0.5, 0.6) is 0 Å². The molecule has 0 saturated carbocycles. The number of rotatable bonds is 1. The number of hydrogen-bond acceptors (Lipinski definition) is 3. The van der Waals surface area contributed by atoms with E-state index in [0.717, 1.165) is 16.6 Å². The highest BCUT2D eigenvalue weighted by Gasteiger charge is 2.00. The molecule has 0 N–H and O–H groups in total. The molecule has 68 valence electrons. The van der Waals surface area contributed by atoms with Crippen molar-refractivity contribution in [2.24, 2.45) is 4.99 Å². The number of aliphatic imine (C=N–C) groups is 1. The molecule has 0 aliphatic carbocycles. The van der Waals surface area contributed by atoms with Crippen LogP contribution in [0.1, 0.15) is 0 Å². The van der Waals surface area contributed by atoms with Gasteiger partial charge in [-0.2, -0.15) is 4.99 Å². The Hall–Kier alpha value is -1.28. The van der Waals surface area contributed by atoms with Gasteiger partial charge in [-0.3, -0.25) is 0 Å². The first-order chi connectivity index (χ1) is 6.81. The fourth-order valence-corrected chi connectivity index (χ4v) is 1.51. The van der Waals surface area contributed by atoms with Crippen molar-refractivity contribution >= 4 is 45.6 Å². The summed E-state index contributed by atoms with van der Waals surface area (Å²) in [6.45, 7) is 0. The SMILES string of the molecule is S=C=Nc1cccc2nc(Cl)ccc12. The summed E-state index contributed by atoms with van der Waals surface area (Å²) in [7, 11) is 0. The molecule has 1 aromatic carbocycles. The average Bonchev–Trinajstić information content (AvgIpc) is 2.18. The predicted octanol–water partition coefficient (Wildman–Crippen LogP) is 3.62. The molecule has 0 unspecified atom stereocenters. The van der Waals surface area contributed by atoms with Crippen LogP contribution in [0.4, 0.5) is 5.69 Å². The van der Waals surface area contributed by atoms with Gasteiger partial charge in [-0.15, -0.1) is 0 Å². The van der Waals surface area contributed by atoms with Crippen LogP contribution < -0.4 is 0 Å². The van der Waals surface area contributed by atoms with E-state index >= 15 is 0 Å². The van der Waals surface area contributed by atoms with Gasteiger partial charge >= 0.3 is 0 Å². The van der Waals surface area contributed by atoms with Gasteiger partial charge in [0, 0.05) is 5.39 Å². The Labute approximate surface area is 91.3 Å². The molecule has 0 aliphatic rings. The summed E-state index contributed by atoms with van der Waals surface area (Å²) in [5.41, 5.74) is 1.57. The Kier molecular flexibility index (Phi) is 2.55. The molecule has 0 bridgehead atoms. The number of hydrogen-bond donors (Lipinski definition) is 0. The summed E-state index contributed by atoms with van der Waals surface area (Å²) in [6.07, 6.45) is 0. The Morgan fingerprint density at radius 2 is 2.14 bits per heavy atom. The summed E-state index contributed by atoms with van der Waals surface area (Å²) in [4.78, 5) is 8.11. The second-order valence-electron chi connectivity index (χ2n) is 2.68. The number of benzene rings is 1. The van der Waals surface area contributed by atoms with Gasteiger partial charge in [0.1, 0.15) is 5.15 Å². The lowest BCUT2D eigenvalue weighted by Crippen LogP contribution is -1.79. The van der Waals surface area contributed by atoms with Crippen LogP contribution in [0, 0.1) is 0 Å². The molecule has 0 spiro atoms. The van der Waals surface area contributed by atoms with Crippen molar-refractivity contribution in [1.82, 2.24) is 4.98 Å². The minimum atomic E-state index is 0.473. The largest absolute Gasteiger partial charge is 0.236 e. The van der Waals surface area contributed by atoms with Crippen molar-refractivity contribution in [1.29, 1.82) is 0 Å². The maximum Gasteiger partial charge on any atom is 0.129 e. The highest BCUT2D eigenvalue weighted by atomic mass is 35.5. The van der Waals surface area contributed by atoms with Crippen LogP contribution in [0.15, 0.2) is 35.3 Å². The van der Waals surface area contributed by atoms with Gasteiger partial charge in [-0.1, -0.05) is 17.7 Å². The fourth-order valence-electron chi connectivity index (χ4n) is 1.26. The van der Waals surface area contributed by atoms with Crippen molar-refractivity contribution in [2.75, 3.05) is 0 Å². The minimum Gasteiger partial charge on any atom is -0.236 e. The highest BCUT2D eigenvalue weighted by molar-refractivity contribution is 7.78. The summed E-state index contributed by atoms with van der Waals surface area (Å²) in [5, 5.41) is 3.74. The molecule has 0 fully saturated rings. The van der Waals surface area contributed by atoms with E-state index in [9.17, 15) is 0 Å². The van der Waals surface area contributed by atoms with Gasteiger partial charge in [-0.25, -0.2) is 4.98 Å². The third kappa shape index (κ3) is 1.66. The molecule has 1 aromatic heterocycles. The minimum absolute atomic E-state index is 0.473. The molecule has 0 radical (unpaired) electrons. The smallest absolute Gasteiger partial charge is 0.129 e. The predicted molar refractivity (Wildman–Crippen MR) is 61.4 cm³/mol. The van der Waals surface area contributed by atoms with Crippen molar-refractivity contribution in [3.8, 4) is 0 Å². The molecule has 1 heterocycles. The molecule has 4 heteroatoms. The molecule has 0 saturated heterocycles. The lowest BCUT2D eigenvalue weighted by atomic mass is 10.2. The molecule has 0 atom stereocenters. The zero-order valence-electron chi connectivity index (χ0n) is 7.07. The normalized spacial score (nSPS) is 9.79. The van der Waals surface area contributed by atoms with Crippen LogP contribution in [0.2, 0.25) is 5.15 Å². The molecular weight excluding hydrogens is 216 g/mol. The summed E-state index contributed by atoms with van der Waals surface area (Å²) in [5.74, 6) is 0. The van der Waals surface area contributed by atoms with Crippen LogP contribution in [-0.2, 0) is 0 Å². The van der Waals surface area contributed by atoms with E-state index in [1.165, 1.54) is 0 Å². The third-order valence-electron chi connectivity index (χ3n) is 1.84. The van der Waals surface area contributed by atoms with Crippen molar-refractivity contribution < 1.29 is 0 Å². The standard InChI is InChI=1S/C10H5ClN2S/c11-10-5-4-7-8(12-6-14)2-1-3-9(7)13-10/h1-5H. The second-order valence-corrected chi connectivity index (χ2v) is 3.25. The summed E-state index contributed by atoms with van der Waals surface area (Å²) >= 11 is 10.3. The lowest BCUT2D eigenvalue weighted by Gasteiger charge is -1.99. The van der Waals surface area contributed by atoms with E-state index in [1.807, 2.05) is 24.3 Å². The number of fused-ring (bicyclic) bond motifs is 1. The zero-order valence-corrected chi connectivity index (χ0v) is 8.64. The second kappa shape index (κ2) is 3.84. The Balaban J connectivity index is 2.81. The van der Waals surface area contributed by atoms with Crippen LogP contribution in [-0.4, -0.2) is 10.1 Å². The third-order valence-corrected chi connectivity index (χ3v) is 2.14. The topological polar surface area (TPSA) is 25.2 Å². The number of halogens is 1. The molecule has 2 nitrogen and oxygen atoms in total. The van der Waals surface area contributed by atoms with Crippen molar-refractivity contribution in [3.63, 3.8) is 0 Å². The number of nitrogens with zero attached hydrogens (tertiary/aromatic N) is 2. The van der Waals surface area contributed by atoms with E-state index in [-0.39, 0.29) is 0 Å². The number of pyridine rings is 1. The van der Waals surface area contributed by atoms with Crippen LogP contribution in [0.25, 0.3) is 10.9 Å².